The Kier molecular flexibility index (Phi) is 6.53. The molecular weight excluding hydrogens is 383 g/mol. The lowest BCUT2D eigenvalue weighted by atomic mass is 10.1. The number of benzene rings is 2. The van der Waals surface area contributed by atoms with Gasteiger partial charge in [-0.1, -0.05) is 36.4 Å². The monoisotopic (exact) mass is 405 g/mol. The van der Waals surface area contributed by atoms with Gasteiger partial charge in [-0.15, -0.1) is 0 Å². The zero-order valence-corrected chi connectivity index (χ0v) is 15.7. The maximum Gasteiger partial charge on any atom is 0.416 e. The molecule has 0 aromatic heterocycles. The molecule has 2 amide bonds. The van der Waals surface area contributed by atoms with Crippen molar-refractivity contribution in [3.8, 4) is 0 Å². The highest BCUT2D eigenvalue weighted by atomic mass is 19.4. The highest BCUT2D eigenvalue weighted by Gasteiger charge is 2.31. The average molecular weight is 405 g/mol. The van der Waals surface area contributed by atoms with Gasteiger partial charge >= 0.3 is 6.18 Å². The Morgan fingerprint density at radius 2 is 1.83 bits per heavy atom. The lowest BCUT2D eigenvalue weighted by Gasteiger charge is -2.17. The molecule has 0 bridgehead atoms. The van der Waals surface area contributed by atoms with Gasteiger partial charge in [0.15, 0.2) is 0 Å². The lowest BCUT2D eigenvalue weighted by molar-refractivity contribution is -0.137. The molecule has 0 spiro atoms. The summed E-state index contributed by atoms with van der Waals surface area (Å²) in [5, 5.41) is 5.23. The zero-order valence-electron chi connectivity index (χ0n) is 15.7. The third-order valence-corrected chi connectivity index (χ3v) is 4.75. The molecule has 1 heterocycles. The van der Waals surface area contributed by atoms with Crippen LogP contribution in [-0.2, 0) is 17.5 Å². The summed E-state index contributed by atoms with van der Waals surface area (Å²) in [5.74, 6) is -1.08. The van der Waals surface area contributed by atoms with E-state index in [-0.39, 0.29) is 24.1 Å². The standard InChI is InChI=1S/C21H22F3N3O2/c22-21(23,24)17-8-4-7-16(11-17)20(29)25-12-19(28)26-18-9-10-27(14-18)13-15-5-2-1-3-6-15/h1-8,11,18H,9-10,12-14H2,(H,25,29)(H,26,28)/t18-/m0/s1. The number of rotatable bonds is 6. The van der Waals surface area contributed by atoms with Crippen LogP contribution in [0.3, 0.4) is 0 Å². The van der Waals surface area contributed by atoms with E-state index in [2.05, 4.69) is 27.7 Å². The minimum Gasteiger partial charge on any atom is -0.350 e. The first-order valence-corrected chi connectivity index (χ1v) is 9.32. The molecular formula is C21H22F3N3O2. The number of nitrogens with one attached hydrogen (secondary N) is 2. The molecule has 1 aliphatic heterocycles. The van der Waals surface area contributed by atoms with Gasteiger partial charge < -0.3 is 10.6 Å². The van der Waals surface area contributed by atoms with E-state index < -0.39 is 17.6 Å². The van der Waals surface area contributed by atoms with E-state index in [0.717, 1.165) is 37.7 Å². The van der Waals surface area contributed by atoms with Crippen molar-refractivity contribution in [1.29, 1.82) is 0 Å². The number of carbonyl (C=O) groups is 2. The van der Waals surface area contributed by atoms with E-state index in [1.807, 2.05) is 18.2 Å². The number of alkyl halides is 3. The molecule has 29 heavy (non-hydrogen) atoms. The van der Waals surface area contributed by atoms with Crippen molar-refractivity contribution in [2.45, 2.75) is 25.2 Å². The molecule has 0 aliphatic carbocycles. The van der Waals surface area contributed by atoms with Crippen molar-refractivity contribution in [3.05, 3.63) is 71.3 Å². The highest BCUT2D eigenvalue weighted by molar-refractivity contribution is 5.96. The number of hydrogen-bond donors (Lipinski definition) is 2. The number of likely N-dealkylation sites (tertiary alicyclic amines) is 1. The molecule has 0 saturated carbocycles. The molecule has 2 aromatic carbocycles. The Bertz CT molecular complexity index is 856. The number of hydrogen-bond acceptors (Lipinski definition) is 3. The third-order valence-electron chi connectivity index (χ3n) is 4.75. The van der Waals surface area contributed by atoms with Crippen molar-refractivity contribution < 1.29 is 22.8 Å². The van der Waals surface area contributed by atoms with Crippen molar-refractivity contribution in [3.63, 3.8) is 0 Å². The molecule has 3 rings (SSSR count). The van der Waals surface area contributed by atoms with Crippen LogP contribution in [0.25, 0.3) is 0 Å². The molecule has 1 aliphatic rings. The fourth-order valence-electron chi connectivity index (χ4n) is 3.31. The minimum atomic E-state index is -4.53. The first kappa shape index (κ1) is 20.9. The van der Waals surface area contributed by atoms with E-state index in [0.29, 0.717) is 6.54 Å². The van der Waals surface area contributed by atoms with Crippen molar-refractivity contribution >= 4 is 11.8 Å². The molecule has 2 N–H and O–H groups in total. The van der Waals surface area contributed by atoms with Gasteiger partial charge in [0, 0.05) is 31.2 Å². The molecule has 1 atom stereocenters. The van der Waals surface area contributed by atoms with Gasteiger partial charge in [0.2, 0.25) is 5.91 Å². The smallest absolute Gasteiger partial charge is 0.350 e. The quantitative estimate of drug-likeness (QED) is 0.777. The summed E-state index contributed by atoms with van der Waals surface area (Å²) in [6, 6.07) is 14.1. The number of halogens is 3. The van der Waals surface area contributed by atoms with Crippen LogP contribution in [0.5, 0.6) is 0 Å². The number of amides is 2. The van der Waals surface area contributed by atoms with E-state index in [1.54, 1.807) is 0 Å². The van der Waals surface area contributed by atoms with Gasteiger partial charge in [0.05, 0.1) is 12.1 Å². The first-order chi connectivity index (χ1) is 13.8. The fourth-order valence-corrected chi connectivity index (χ4v) is 3.31. The predicted octanol–water partition coefficient (Wildman–Crippen LogP) is 2.83. The summed E-state index contributed by atoms with van der Waals surface area (Å²) >= 11 is 0. The van der Waals surface area contributed by atoms with Crippen LogP contribution in [0.2, 0.25) is 0 Å². The summed E-state index contributed by atoms with van der Waals surface area (Å²) in [6.45, 7) is 2.09. The van der Waals surface area contributed by atoms with Gasteiger partial charge in [-0.25, -0.2) is 0 Å². The van der Waals surface area contributed by atoms with Gasteiger partial charge in [-0.2, -0.15) is 13.2 Å². The van der Waals surface area contributed by atoms with E-state index in [9.17, 15) is 22.8 Å². The largest absolute Gasteiger partial charge is 0.416 e. The Hall–Kier alpha value is -2.87. The number of carbonyl (C=O) groups excluding carboxylic acids is 2. The Labute approximate surface area is 166 Å². The van der Waals surface area contributed by atoms with Crippen LogP contribution in [0.4, 0.5) is 13.2 Å². The topological polar surface area (TPSA) is 61.4 Å². The second kappa shape index (κ2) is 9.09. The highest BCUT2D eigenvalue weighted by Crippen LogP contribution is 2.29. The second-order valence-electron chi connectivity index (χ2n) is 7.04. The molecule has 1 saturated heterocycles. The second-order valence-corrected chi connectivity index (χ2v) is 7.04. The molecule has 1 fully saturated rings. The first-order valence-electron chi connectivity index (χ1n) is 9.32. The fraction of sp³-hybridized carbons (Fsp3) is 0.333. The summed E-state index contributed by atoms with van der Waals surface area (Å²) in [5.41, 5.74) is 0.161. The van der Waals surface area contributed by atoms with Gasteiger partial charge in [0.25, 0.3) is 5.91 Å². The van der Waals surface area contributed by atoms with E-state index in [4.69, 9.17) is 0 Å². The van der Waals surface area contributed by atoms with E-state index >= 15 is 0 Å². The van der Waals surface area contributed by atoms with Crippen LogP contribution < -0.4 is 10.6 Å². The Balaban J connectivity index is 1.44. The van der Waals surface area contributed by atoms with Gasteiger partial charge in [-0.3, -0.25) is 14.5 Å². The third kappa shape index (κ3) is 6.05. The van der Waals surface area contributed by atoms with Crippen molar-refractivity contribution in [1.82, 2.24) is 15.5 Å². The van der Waals surface area contributed by atoms with Crippen LogP contribution >= 0.6 is 0 Å². The Morgan fingerprint density at radius 3 is 2.55 bits per heavy atom. The number of nitrogens with zero attached hydrogens (tertiary/aromatic N) is 1. The zero-order chi connectivity index (χ0) is 20.9. The minimum absolute atomic E-state index is 0.0170. The van der Waals surface area contributed by atoms with Crippen LogP contribution in [-0.4, -0.2) is 42.4 Å². The van der Waals surface area contributed by atoms with Crippen LogP contribution in [0.1, 0.15) is 27.9 Å². The maximum atomic E-state index is 12.7. The molecule has 154 valence electrons. The molecule has 0 unspecified atom stereocenters. The normalized spacial score (nSPS) is 17.1. The van der Waals surface area contributed by atoms with Crippen molar-refractivity contribution in [2.75, 3.05) is 19.6 Å². The SMILES string of the molecule is O=C(CNC(=O)c1cccc(C(F)(F)F)c1)N[C@H]1CCN(Cc2ccccc2)C1. The molecule has 8 heteroatoms. The van der Waals surface area contributed by atoms with Crippen LogP contribution in [0, 0.1) is 0 Å². The van der Waals surface area contributed by atoms with Gasteiger partial charge in [0.1, 0.15) is 0 Å². The average Bonchev–Trinajstić information content (AvgIpc) is 3.13. The molecule has 5 nitrogen and oxygen atoms in total. The maximum absolute atomic E-state index is 12.7. The molecule has 2 aromatic rings. The summed E-state index contributed by atoms with van der Waals surface area (Å²) in [4.78, 5) is 26.4. The molecule has 0 radical (unpaired) electrons. The van der Waals surface area contributed by atoms with Gasteiger partial charge in [-0.05, 0) is 30.2 Å². The predicted molar refractivity (Wildman–Crippen MR) is 102 cm³/mol. The van der Waals surface area contributed by atoms with Crippen molar-refractivity contribution in [2.24, 2.45) is 0 Å². The van der Waals surface area contributed by atoms with Crippen LogP contribution in [0.15, 0.2) is 54.6 Å². The summed E-state index contributed by atoms with van der Waals surface area (Å²) in [6.07, 6.45) is -3.72. The van der Waals surface area contributed by atoms with E-state index in [1.165, 1.54) is 11.6 Å². The lowest BCUT2D eigenvalue weighted by Crippen LogP contribution is -2.43. The Morgan fingerprint density at radius 1 is 1.07 bits per heavy atom. The summed E-state index contributed by atoms with van der Waals surface area (Å²) in [7, 11) is 0. The summed E-state index contributed by atoms with van der Waals surface area (Å²) < 4.78 is 38.2.